The molecular formula is C22H34N4O3. The van der Waals surface area contributed by atoms with Crippen LogP contribution in [0.15, 0.2) is 4.99 Å². The fourth-order valence-corrected chi connectivity index (χ4v) is 6.04. The molecule has 7 heteroatoms. The molecular weight excluding hydrogens is 368 g/mol. The van der Waals surface area contributed by atoms with E-state index in [-0.39, 0.29) is 16.7 Å². The Hall–Kier alpha value is -1.73. The number of amidine groups is 1. The molecule has 1 aromatic heterocycles. The molecule has 1 spiro atoms. The van der Waals surface area contributed by atoms with Crippen LogP contribution in [0.5, 0.6) is 0 Å². The molecule has 4 rings (SSSR count). The number of carbonyl (C=O) groups excluding carboxylic acids is 1. The Kier molecular flexibility index (Phi) is 4.70. The summed E-state index contributed by atoms with van der Waals surface area (Å²) in [7, 11) is 5.65. The summed E-state index contributed by atoms with van der Waals surface area (Å²) in [5.41, 5.74) is 2.54. The van der Waals surface area contributed by atoms with Gasteiger partial charge < -0.3 is 14.4 Å². The highest BCUT2D eigenvalue weighted by molar-refractivity contribution is 6.02. The molecule has 1 saturated heterocycles. The standard InChI is InChI=1S/C22H34N4O3/c1-14(25(5)6)23-19(27)17-15-8-9-16-20(2,3)22(28-12-13-29-22)11-10-21(16,4)18(15)24-26(17)7/h16H,8-13H2,1-7H3/t16-,21-/m0/s1. The lowest BCUT2D eigenvalue weighted by Crippen LogP contribution is -2.61. The number of aryl methyl sites for hydroxylation is 1. The fraction of sp³-hybridized carbons (Fsp3) is 0.773. The molecule has 1 aromatic rings. The van der Waals surface area contributed by atoms with Crippen LogP contribution >= 0.6 is 0 Å². The number of aliphatic imine (C=N–C) groups is 1. The maximum atomic E-state index is 13.0. The van der Waals surface area contributed by atoms with E-state index in [2.05, 4.69) is 25.8 Å². The molecule has 0 radical (unpaired) electrons. The molecule has 2 atom stereocenters. The second kappa shape index (κ2) is 6.64. The summed E-state index contributed by atoms with van der Waals surface area (Å²) in [5, 5.41) is 4.89. The third-order valence-electron chi connectivity index (χ3n) is 7.83. The first-order valence-electron chi connectivity index (χ1n) is 10.6. The highest BCUT2D eigenvalue weighted by atomic mass is 16.7. The van der Waals surface area contributed by atoms with Crippen molar-refractivity contribution in [2.75, 3.05) is 27.3 Å². The van der Waals surface area contributed by atoms with Crippen molar-refractivity contribution in [3.05, 3.63) is 17.0 Å². The van der Waals surface area contributed by atoms with Gasteiger partial charge in [-0.25, -0.2) is 0 Å². The molecule has 1 amide bonds. The molecule has 7 nitrogen and oxygen atoms in total. The van der Waals surface area contributed by atoms with Gasteiger partial charge in [-0.3, -0.25) is 9.48 Å². The Balaban J connectivity index is 1.75. The molecule has 2 aliphatic carbocycles. The number of amides is 1. The summed E-state index contributed by atoms with van der Waals surface area (Å²) in [6, 6.07) is 0. The summed E-state index contributed by atoms with van der Waals surface area (Å²) in [4.78, 5) is 19.1. The highest BCUT2D eigenvalue weighted by Gasteiger charge is 2.64. The monoisotopic (exact) mass is 402 g/mol. The topological polar surface area (TPSA) is 69.0 Å². The Morgan fingerprint density at radius 2 is 1.86 bits per heavy atom. The van der Waals surface area contributed by atoms with E-state index in [1.54, 1.807) is 4.68 Å². The minimum absolute atomic E-state index is 0.103. The van der Waals surface area contributed by atoms with Crippen molar-refractivity contribution in [3.8, 4) is 0 Å². The summed E-state index contributed by atoms with van der Waals surface area (Å²) in [6.45, 7) is 10.1. The van der Waals surface area contributed by atoms with Gasteiger partial charge in [-0.05, 0) is 32.1 Å². The zero-order valence-electron chi connectivity index (χ0n) is 18.8. The lowest BCUT2D eigenvalue weighted by atomic mass is 9.49. The van der Waals surface area contributed by atoms with Crippen molar-refractivity contribution in [1.29, 1.82) is 0 Å². The zero-order chi connectivity index (χ0) is 21.2. The average molecular weight is 403 g/mol. The molecule has 0 N–H and O–H groups in total. The first kappa shape index (κ1) is 20.5. The average Bonchev–Trinajstić information content (AvgIpc) is 3.24. The van der Waals surface area contributed by atoms with Gasteiger partial charge in [-0.2, -0.15) is 10.1 Å². The van der Waals surface area contributed by atoms with Crippen molar-refractivity contribution in [1.82, 2.24) is 14.7 Å². The SMILES string of the molecule is CC(=NC(=O)c1c2c(nn1C)[C@@]1(C)CCC3(OCCO3)C(C)(C)[C@@H]1CC2)N(C)C. The molecule has 2 heterocycles. The maximum Gasteiger partial charge on any atom is 0.297 e. The van der Waals surface area contributed by atoms with E-state index < -0.39 is 5.79 Å². The van der Waals surface area contributed by atoms with E-state index in [4.69, 9.17) is 14.6 Å². The van der Waals surface area contributed by atoms with Crippen LogP contribution < -0.4 is 0 Å². The predicted molar refractivity (Wildman–Crippen MR) is 111 cm³/mol. The smallest absolute Gasteiger partial charge is 0.297 e. The molecule has 3 aliphatic rings. The molecule has 160 valence electrons. The number of ether oxygens (including phenoxy) is 2. The number of rotatable bonds is 1. The molecule has 1 aliphatic heterocycles. The Morgan fingerprint density at radius 3 is 2.48 bits per heavy atom. The van der Waals surface area contributed by atoms with E-state index >= 15 is 0 Å². The molecule has 0 unspecified atom stereocenters. The van der Waals surface area contributed by atoms with E-state index in [9.17, 15) is 4.79 Å². The van der Waals surface area contributed by atoms with Crippen molar-refractivity contribution in [3.63, 3.8) is 0 Å². The number of hydrogen-bond acceptors (Lipinski definition) is 4. The van der Waals surface area contributed by atoms with E-state index in [0.29, 0.717) is 30.7 Å². The minimum atomic E-state index is -0.491. The number of fused-ring (bicyclic) bond motifs is 3. The van der Waals surface area contributed by atoms with Crippen LogP contribution in [0.4, 0.5) is 0 Å². The fourth-order valence-electron chi connectivity index (χ4n) is 6.04. The molecule has 2 fully saturated rings. The summed E-state index contributed by atoms with van der Waals surface area (Å²) in [6.07, 6.45) is 3.62. The Bertz CT molecular complexity index is 864. The van der Waals surface area contributed by atoms with Gasteiger partial charge in [0.25, 0.3) is 5.91 Å². The van der Waals surface area contributed by atoms with Crippen molar-refractivity contribution >= 4 is 11.7 Å². The van der Waals surface area contributed by atoms with E-state index in [1.165, 1.54) is 0 Å². The van der Waals surface area contributed by atoms with Crippen LogP contribution in [0, 0.1) is 11.3 Å². The van der Waals surface area contributed by atoms with Gasteiger partial charge in [-0.1, -0.05) is 20.8 Å². The van der Waals surface area contributed by atoms with E-state index in [0.717, 1.165) is 36.9 Å². The maximum absolute atomic E-state index is 13.0. The Morgan fingerprint density at radius 1 is 1.21 bits per heavy atom. The molecule has 0 bridgehead atoms. The third kappa shape index (κ3) is 2.81. The van der Waals surface area contributed by atoms with Gasteiger partial charge >= 0.3 is 0 Å². The predicted octanol–water partition coefficient (Wildman–Crippen LogP) is 2.92. The largest absolute Gasteiger partial charge is 0.366 e. The lowest BCUT2D eigenvalue weighted by Gasteiger charge is -2.59. The Labute approximate surface area is 173 Å². The number of hydrogen-bond donors (Lipinski definition) is 0. The second-order valence-electron chi connectivity index (χ2n) is 9.84. The first-order valence-corrected chi connectivity index (χ1v) is 10.6. The molecule has 0 aromatic carbocycles. The van der Waals surface area contributed by atoms with Gasteiger partial charge in [0, 0.05) is 44.0 Å². The summed E-state index contributed by atoms with van der Waals surface area (Å²) < 4.78 is 14.1. The normalized spacial score (nSPS) is 30.2. The van der Waals surface area contributed by atoms with Gasteiger partial charge in [-0.15, -0.1) is 0 Å². The van der Waals surface area contributed by atoms with E-state index in [1.807, 2.05) is 33.0 Å². The second-order valence-corrected chi connectivity index (χ2v) is 9.84. The van der Waals surface area contributed by atoms with Gasteiger partial charge in [0.15, 0.2) is 5.79 Å². The zero-order valence-corrected chi connectivity index (χ0v) is 18.8. The van der Waals surface area contributed by atoms with Crippen molar-refractivity contribution in [2.24, 2.45) is 23.4 Å². The number of nitrogens with zero attached hydrogens (tertiary/aromatic N) is 4. The van der Waals surface area contributed by atoms with Crippen LogP contribution in [0.1, 0.15) is 68.7 Å². The third-order valence-corrected chi connectivity index (χ3v) is 7.83. The summed E-state index contributed by atoms with van der Waals surface area (Å²) >= 11 is 0. The van der Waals surface area contributed by atoms with Gasteiger partial charge in [0.05, 0.1) is 18.9 Å². The highest BCUT2D eigenvalue weighted by Crippen LogP contribution is 2.62. The van der Waals surface area contributed by atoms with Crippen LogP contribution in [-0.4, -0.2) is 59.5 Å². The van der Waals surface area contributed by atoms with Gasteiger partial charge in [0.2, 0.25) is 0 Å². The lowest BCUT2D eigenvalue weighted by molar-refractivity contribution is -0.276. The number of aromatic nitrogens is 2. The van der Waals surface area contributed by atoms with Crippen LogP contribution in [-0.2, 0) is 28.4 Å². The van der Waals surface area contributed by atoms with Gasteiger partial charge in [0.1, 0.15) is 11.5 Å². The number of carbonyl (C=O) groups is 1. The molecule has 1 saturated carbocycles. The molecule has 29 heavy (non-hydrogen) atoms. The first-order chi connectivity index (χ1) is 13.5. The van der Waals surface area contributed by atoms with Crippen LogP contribution in [0.3, 0.4) is 0 Å². The van der Waals surface area contributed by atoms with Crippen molar-refractivity contribution in [2.45, 2.75) is 64.6 Å². The van der Waals surface area contributed by atoms with Crippen LogP contribution in [0.2, 0.25) is 0 Å². The quantitative estimate of drug-likeness (QED) is 0.534. The summed E-state index contributed by atoms with van der Waals surface area (Å²) in [5.74, 6) is 0.374. The van der Waals surface area contributed by atoms with Crippen LogP contribution in [0.25, 0.3) is 0 Å². The minimum Gasteiger partial charge on any atom is -0.366 e. The van der Waals surface area contributed by atoms with Crippen molar-refractivity contribution < 1.29 is 14.3 Å².